The van der Waals surface area contributed by atoms with Crippen molar-refractivity contribution in [2.45, 2.75) is 0 Å². The number of nitriles is 4. The minimum absolute atomic E-state index is 0.378. The Hall–Kier alpha value is -5.02. The molecule has 0 amide bonds. The molecule has 0 aliphatic rings. The van der Waals surface area contributed by atoms with Crippen LogP contribution in [0.5, 0.6) is 0 Å². The van der Waals surface area contributed by atoms with Gasteiger partial charge >= 0.3 is 0 Å². The highest BCUT2D eigenvalue weighted by molar-refractivity contribution is 7.18. The molecular weight excluding hydrogens is 550 g/mol. The van der Waals surface area contributed by atoms with Crippen LogP contribution in [-0.4, -0.2) is 9.97 Å². The molecule has 2 aromatic heterocycles. The van der Waals surface area contributed by atoms with Crippen LogP contribution >= 0.6 is 22.7 Å². The second-order valence-corrected chi connectivity index (χ2v) is 9.72. The van der Waals surface area contributed by atoms with Crippen LogP contribution in [0, 0.1) is 80.2 Å². The van der Waals surface area contributed by atoms with Crippen molar-refractivity contribution in [2.75, 3.05) is 0 Å². The van der Waals surface area contributed by atoms with Crippen molar-refractivity contribution >= 4 is 86.6 Å². The van der Waals surface area contributed by atoms with E-state index in [1.54, 1.807) is 0 Å². The summed E-state index contributed by atoms with van der Waals surface area (Å²) in [5, 5.41) is 31.4. The van der Waals surface area contributed by atoms with E-state index in [9.17, 15) is 0 Å². The number of halogens is 6. The molecule has 0 aliphatic heterocycles. The molecule has 0 saturated heterocycles. The Kier molecular flexibility index (Phi) is 4.76. The minimum atomic E-state index is -1.82. The molecule has 0 radical (unpaired) electrons. The van der Waals surface area contributed by atoms with E-state index in [4.69, 9.17) is 21.0 Å². The maximum atomic E-state index is 15.6. The lowest BCUT2D eigenvalue weighted by atomic mass is 9.91. The molecular formula is C24F6N6S2. The molecule has 0 N–H and O–H groups in total. The lowest BCUT2D eigenvalue weighted by molar-refractivity contribution is 0.516. The van der Waals surface area contributed by atoms with Crippen molar-refractivity contribution in [3.05, 3.63) is 44.2 Å². The average Bonchev–Trinajstić information content (AvgIpc) is 3.53. The fraction of sp³-hybridized carbons (Fsp3) is 0. The van der Waals surface area contributed by atoms with Gasteiger partial charge in [0.05, 0.1) is 20.2 Å². The third-order valence-corrected chi connectivity index (χ3v) is 8.13. The van der Waals surface area contributed by atoms with E-state index in [0.29, 0.717) is 22.7 Å². The maximum absolute atomic E-state index is 15.6. The first-order chi connectivity index (χ1) is 18.2. The molecule has 0 atom stereocenters. The van der Waals surface area contributed by atoms with Crippen molar-refractivity contribution in [1.29, 1.82) is 21.0 Å². The summed E-state index contributed by atoms with van der Waals surface area (Å²) < 4.78 is 91.9. The molecule has 180 valence electrons. The normalized spacial score (nSPS) is 11.3. The molecule has 0 unspecified atom stereocenters. The van der Waals surface area contributed by atoms with Crippen molar-refractivity contribution < 1.29 is 26.3 Å². The molecule has 6 rings (SSSR count). The summed E-state index contributed by atoms with van der Waals surface area (Å²) in [6, 6.07) is 6.09. The third kappa shape index (κ3) is 2.63. The molecule has 0 saturated carbocycles. The van der Waals surface area contributed by atoms with Crippen molar-refractivity contribution in [3.63, 3.8) is 0 Å². The summed E-state index contributed by atoms with van der Waals surface area (Å²) in [6.45, 7) is 0. The number of nitrogens with zero attached hydrogens (tertiary/aromatic N) is 6. The lowest BCUT2D eigenvalue weighted by Gasteiger charge is -2.16. The number of rotatable bonds is 0. The number of benzene rings is 4. The Bertz CT molecular complexity index is 2210. The summed E-state index contributed by atoms with van der Waals surface area (Å²) in [7, 11) is 0. The van der Waals surface area contributed by atoms with Crippen LogP contribution in [-0.2, 0) is 0 Å². The van der Waals surface area contributed by atoms with E-state index < -0.39 is 98.8 Å². The van der Waals surface area contributed by atoms with Gasteiger partial charge in [0.1, 0.15) is 44.6 Å². The largest absolute Gasteiger partial charge is 0.231 e. The Labute approximate surface area is 212 Å². The molecule has 14 heteroatoms. The monoisotopic (exact) mass is 550 g/mol. The van der Waals surface area contributed by atoms with E-state index in [1.165, 1.54) is 24.3 Å². The smallest absolute Gasteiger partial charge is 0.170 e. The van der Waals surface area contributed by atoms with Gasteiger partial charge in [0.25, 0.3) is 0 Å². The van der Waals surface area contributed by atoms with Crippen LogP contribution in [0.3, 0.4) is 0 Å². The molecule has 0 fully saturated rings. The second-order valence-electron chi connectivity index (χ2n) is 7.72. The van der Waals surface area contributed by atoms with Gasteiger partial charge in [-0.1, -0.05) is 0 Å². The van der Waals surface area contributed by atoms with E-state index in [1.807, 2.05) is 0 Å². The fourth-order valence-electron chi connectivity index (χ4n) is 4.44. The van der Waals surface area contributed by atoms with Gasteiger partial charge in [0.15, 0.2) is 46.0 Å². The second kappa shape index (κ2) is 7.74. The highest BCUT2D eigenvalue weighted by atomic mass is 32.1. The van der Waals surface area contributed by atoms with E-state index in [2.05, 4.69) is 9.97 Å². The van der Waals surface area contributed by atoms with E-state index in [-0.39, 0.29) is 9.33 Å². The average molecular weight is 550 g/mol. The first-order valence-electron chi connectivity index (χ1n) is 9.99. The van der Waals surface area contributed by atoms with E-state index in [0.717, 1.165) is 0 Å². The molecule has 38 heavy (non-hydrogen) atoms. The SMILES string of the molecule is N#CC(C#N)=c1nc2c(F)c3c(F)c(F)c4c5sc(=C(C#N)C#N)nc5c(F)c5c(F)c(F)c(c2s1)c3c54. The number of aromatic nitrogens is 2. The topological polar surface area (TPSA) is 121 Å². The van der Waals surface area contributed by atoms with E-state index >= 15 is 26.3 Å². The Morgan fingerprint density at radius 1 is 0.474 bits per heavy atom. The first kappa shape index (κ1) is 23.4. The van der Waals surface area contributed by atoms with Crippen LogP contribution in [0.15, 0.2) is 0 Å². The first-order valence-corrected chi connectivity index (χ1v) is 11.6. The van der Waals surface area contributed by atoms with Crippen molar-refractivity contribution in [3.8, 4) is 24.3 Å². The van der Waals surface area contributed by atoms with Crippen LogP contribution in [0.1, 0.15) is 0 Å². The minimum Gasteiger partial charge on any atom is -0.231 e. The number of thiazole rings is 2. The van der Waals surface area contributed by atoms with Crippen LogP contribution in [0.25, 0.3) is 63.9 Å². The highest BCUT2D eigenvalue weighted by Gasteiger charge is 2.33. The summed E-state index contributed by atoms with van der Waals surface area (Å²) in [5.74, 6) is -10.1. The summed E-state index contributed by atoms with van der Waals surface area (Å²) >= 11 is 0.882. The molecule has 6 nitrogen and oxygen atoms in total. The summed E-state index contributed by atoms with van der Waals surface area (Å²) in [5.41, 5.74) is -2.68. The van der Waals surface area contributed by atoms with Crippen molar-refractivity contribution in [1.82, 2.24) is 9.97 Å². The molecule has 0 bridgehead atoms. The van der Waals surface area contributed by atoms with Crippen LogP contribution in [0.4, 0.5) is 26.3 Å². The molecule has 6 aromatic rings. The van der Waals surface area contributed by atoms with Gasteiger partial charge < -0.3 is 0 Å². The quantitative estimate of drug-likeness (QED) is 0.193. The molecule has 2 heterocycles. The Balaban J connectivity index is 2.06. The Morgan fingerprint density at radius 3 is 1.11 bits per heavy atom. The Morgan fingerprint density at radius 2 is 0.789 bits per heavy atom. The number of hydrogen-bond acceptors (Lipinski definition) is 8. The summed E-state index contributed by atoms with van der Waals surface area (Å²) in [6.07, 6.45) is 0. The standard InChI is InChI=1S/C24F6N6S2/c25-13-9-7-8-10(18(30)20-22(12(8)16(13)28)38-24(36-20)6(3-33)4-34)14(26)15(27)11(7)21-19(17(9)29)35-23(37-21)5(1-31)2-32. The fourth-order valence-corrected chi connectivity index (χ4v) is 6.53. The zero-order chi connectivity index (χ0) is 27.2. The third-order valence-electron chi connectivity index (χ3n) is 5.95. The van der Waals surface area contributed by atoms with Crippen LogP contribution in [0.2, 0.25) is 0 Å². The van der Waals surface area contributed by atoms with Gasteiger partial charge in [-0.2, -0.15) is 21.0 Å². The van der Waals surface area contributed by atoms with Gasteiger partial charge in [-0.3, -0.25) is 0 Å². The summed E-state index contributed by atoms with van der Waals surface area (Å²) in [4.78, 5) is 7.54. The van der Waals surface area contributed by atoms with Gasteiger partial charge in [-0.15, -0.1) is 22.7 Å². The zero-order valence-corrected chi connectivity index (χ0v) is 19.4. The van der Waals surface area contributed by atoms with Crippen molar-refractivity contribution in [2.24, 2.45) is 0 Å². The van der Waals surface area contributed by atoms with Crippen LogP contribution < -0.4 is 9.33 Å². The predicted molar refractivity (Wildman–Crippen MR) is 125 cm³/mol. The molecule has 0 spiro atoms. The number of fused-ring (bicyclic) bond motifs is 4. The van der Waals surface area contributed by atoms with Gasteiger partial charge in [0, 0.05) is 21.5 Å². The van der Waals surface area contributed by atoms with Gasteiger partial charge in [-0.25, -0.2) is 36.3 Å². The predicted octanol–water partition coefficient (Wildman–Crippen LogP) is 5.03. The highest BCUT2D eigenvalue weighted by Crippen LogP contribution is 2.48. The number of hydrogen-bond donors (Lipinski definition) is 0. The zero-order valence-electron chi connectivity index (χ0n) is 17.8. The molecule has 0 aliphatic carbocycles. The maximum Gasteiger partial charge on any atom is 0.170 e. The molecule has 4 aromatic carbocycles. The van der Waals surface area contributed by atoms with Gasteiger partial charge in [0.2, 0.25) is 0 Å². The lowest BCUT2D eigenvalue weighted by Crippen LogP contribution is -2.04. The van der Waals surface area contributed by atoms with Gasteiger partial charge in [-0.05, 0) is 0 Å².